The lowest BCUT2D eigenvalue weighted by Crippen LogP contribution is -2.38. The first-order valence-electron chi connectivity index (χ1n) is 5.97. The average molecular weight is 256 g/mol. The van der Waals surface area contributed by atoms with Gasteiger partial charge in [-0.25, -0.2) is 0 Å². The van der Waals surface area contributed by atoms with E-state index in [0.717, 1.165) is 24.9 Å². The minimum absolute atomic E-state index is 0.106. The summed E-state index contributed by atoms with van der Waals surface area (Å²) < 4.78 is 5.09. The molecule has 1 aliphatic heterocycles. The Morgan fingerprint density at radius 3 is 2.88 bits per heavy atom. The highest BCUT2D eigenvalue weighted by molar-refractivity contribution is 6.31. The third kappa shape index (κ3) is 2.92. The van der Waals surface area contributed by atoms with Crippen molar-refractivity contribution in [1.29, 1.82) is 0 Å². The smallest absolute Gasteiger partial charge is 0.120 e. The summed E-state index contributed by atoms with van der Waals surface area (Å²) in [6.45, 7) is 0.968. The topological polar surface area (TPSA) is 41.5 Å². The third-order valence-electron chi connectivity index (χ3n) is 3.26. The molecule has 0 amide bonds. The molecule has 4 heteroatoms. The van der Waals surface area contributed by atoms with Crippen LogP contribution in [0.4, 0.5) is 0 Å². The standard InChI is InChI=1S/C13H18ClNO2/c1-17-9-5-6-10(11(14)8-9)13(16)12-4-2-3-7-15-12/h5-6,8,12-13,15-16H,2-4,7H2,1H3. The second-order valence-corrected chi connectivity index (χ2v) is 4.80. The first kappa shape index (κ1) is 12.7. The molecule has 0 aromatic heterocycles. The Hall–Kier alpha value is -0.770. The van der Waals surface area contributed by atoms with Gasteiger partial charge in [0.15, 0.2) is 0 Å². The molecule has 0 spiro atoms. The highest BCUT2D eigenvalue weighted by Gasteiger charge is 2.24. The fourth-order valence-corrected chi connectivity index (χ4v) is 2.52. The molecule has 2 unspecified atom stereocenters. The van der Waals surface area contributed by atoms with Crippen molar-refractivity contribution in [2.24, 2.45) is 0 Å². The van der Waals surface area contributed by atoms with Gasteiger partial charge in [0.25, 0.3) is 0 Å². The van der Waals surface area contributed by atoms with E-state index in [1.54, 1.807) is 13.2 Å². The molecule has 0 bridgehead atoms. The zero-order valence-electron chi connectivity index (χ0n) is 9.95. The molecule has 1 heterocycles. The van der Waals surface area contributed by atoms with Gasteiger partial charge >= 0.3 is 0 Å². The normalized spacial score (nSPS) is 22.2. The number of rotatable bonds is 3. The number of ether oxygens (including phenoxy) is 1. The van der Waals surface area contributed by atoms with E-state index in [1.165, 1.54) is 6.42 Å². The van der Waals surface area contributed by atoms with Crippen LogP contribution in [0.15, 0.2) is 18.2 Å². The summed E-state index contributed by atoms with van der Waals surface area (Å²) >= 11 is 6.15. The van der Waals surface area contributed by atoms with E-state index in [1.807, 2.05) is 12.1 Å². The summed E-state index contributed by atoms with van der Waals surface area (Å²) in [5, 5.41) is 14.2. The van der Waals surface area contributed by atoms with Crippen molar-refractivity contribution in [3.63, 3.8) is 0 Å². The van der Waals surface area contributed by atoms with Crippen LogP contribution in [-0.4, -0.2) is 24.8 Å². The molecule has 94 valence electrons. The van der Waals surface area contributed by atoms with Gasteiger partial charge in [-0.05, 0) is 31.5 Å². The minimum Gasteiger partial charge on any atom is -0.497 e. The van der Waals surface area contributed by atoms with Gasteiger partial charge in [0.05, 0.1) is 18.2 Å². The highest BCUT2D eigenvalue weighted by Crippen LogP contribution is 2.31. The number of aliphatic hydroxyl groups is 1. The summed E-state index contributed by atoms with van der Waals surface area (Å²) in [7, 11) is 1.60. The van der Waals surface area contributed by atoms with Gasteiger partial charge in [0, 0.05) is 11.6 Å². The van der Waals surface area contributed by atoms with Crippen LogP contribution in [0, 0.1) is 0 Å². The second-order valence-electron chi connectivity index (χ2n) is 4.39. The van der Waals surface area contributed by atoms with Crippen molar-refractivity contribution < 1.29 is 9.84 Å². The zero-order chi connectivity index (χ0) is 12.3. The Morgan fingerprint density at radius 2 is 2.29 bits per heavy atom. The van der Waals surface area contributed by atoms with Gasteiger partial charge in [-0.3, -0.25) is 0 Å². The van der Waals surface area contributed by atoms with E-state index in [0.29, 0.717) is 10.8 Å². The van der Waals surface area contributed by atoms with E-state index in [-0.39, 0.29) is 6.04 Å². The predicted molar refractivity (Wildman–Crippen MR) is 68.6 cm³/mol. The first-order chi connectivity index (χ1) is 8.22. The molecule has 1 aromatic rings. The number of halogens is 1. The van der Waals surface area contributed by atoms with Gasteiger partial charge in [0.2, 0.25) is 0 Å². The average Bonchev–Trinajstić information content (AvgIpc) is 2.39. The number of aliphatic hydroxyl groups excluding tert-OH is 1. The van der Waals surface area contributed by atoms with Crippen LogP contribution in [0.2, 0.25) is 5.02 Å². The van der Waals surface area contributed by atoms with E-state index in [9.17, 15) is 5.11 Å². The van der Waals surface area contributed by atoms with Crippen molar-refractivity contribution in [2.75, 3.05) is 13.7 Å². The lowest BCUT2D eigenvalue weighted by atomic mass is 9.95. The number of nitrogens with one attached hydrogen (secondary N) is 1. The maximum atomic E-state index is 10.3. The van der Waals surface area contributed by atoms with Gasteiger partial charge < -0.3 is 15.2 Å². The van der Waals surface area contributed by atoms with E-state index in [4.69, 9.17) is 16.3 Å². The maximum absolute atomic E-state index is 10.3. The molecule has 0 radical (unpaired) electrons. The molecular weight excluding hydrogens is 238 g/mol. The van der Waals surface area contributed by atoms with Gasteiger partial charge in [-0.1, -0.05) is 24.1 Å². The minimum atomic E-state index is -0.547. The Labute approximate surface area is 107 Å². The fraction of sp³-hybridized carbons (Fsp3) is 0.538. The molecule has 0 saturated carbocycles. The molecule has 17 heavy (non-hydrogen) atoms. The molecule has 2 rings (SSSR count). The molecule has 1 fully saturated rings. The second kappa shape index (κ2) is 5.71. The molecule has 1 aromatic carbocycles. The molecular formula is C13H18ClNO2. The SMILES string of the molecule is COc1ccc(C(O)C2CCCCN2)c(Cl)c1. The van der Waals surface area contributed by atoms with Gasteiger partial charge in [-0.2, -0.15) is 0 Å². The molecule has 3 nitrogen and oxygen atoms in total. The zero-order valence-corrected chi connectivity index (χ0v) is 10.7. The van der Waals surface area contributed by atoms with Crippen LogP contribution >= 0.6 is 11.6 Å². The largest absolute Gasteiger partial charge is 0.497 e. The van der Waals surface area contributed by atoms with E-state index in [2.05, 4.69) is 5.32 Å². The van der Waals surface area contributed by atoms with Crippen LogP contribution < -0.4 is 10.1 Å². The predicted octanol–water partition coefficient (Wildman–Crippen LogP) is 2.52. The van der Waals surface area contributed by atoms with Crippen LogP contribution in [0.3, 0.4) is 0 Å². The Morgan fingerprint density at radius 1 is 1.47 bits per heavy atom. The van der Waals surface area contributed by atoms with Crippen molar-refractivity contribution in [3.8, 4) is 5.75 Å². The van der Waals surface area contributed by atoms with Gasteiger partial charge in [-0.15, -0.1) is 0 Å². The summed E-state index contributed by atoms with van der Waals surface area (Å²) in [4.78, 5) is 0. The number of hydrogen-bond donors (Lipinski definition) is 2. The first-order valence-corrected chi connectivity index (χ1v) is 6.35. The molecule has 2 atom stereocenters. The molecule has 0 aliphatic carbocycles. The van der Waals surface area contributed by atoms with E-state index >= 15 is 0 Å². The number of piperidine rings is 1. The van der Waals surface area contributed by atoms with E-state index < -0.39 is 6.10 Å². The van der Waals surface area contributed by atoms with Crippen LogP contribution in [0.25, 0.3) is 0 Å². The molecule has 1 aliphatic rings. The van der Waals surface area contributed by atoms with Crippen molar-refractivity contribution >= 4 is 11.6 Å². The van der Waals surface area contributed by atoms with Gasteiger partial charge in [0.1, 0.15) is 5.75 Å². The number of methoxy groups -OCH3 is 1. The van der Waals surface area contributed by atoms with Crippen LogP contribution in [0.5, 0.6) is 5.75 Å². The van der Waals surface area contributed by atoms with Crippen molar-refractivity contribution in [2.45, 2.75) is 31.4 Å². The summed E-state index contributed by atoms with van der Waals surface area (Å²) in [5.74, 6) is 0.711. The lowest BCUT2D eigenvalue weighted by Gasteiger charge is -2.28. The van der Waals surface area contributed by atoms with Crippen molar-refractivity contribution in [3.05, 3.63) is 28.8 Å². The maximum Gasteiger partial charge on any atom is 0.120 e. The Bertz CT molecular complexity index is 378. The Kier molecular flexibility index (Phi) is 4.26. The summed E-state index contributed by atoms with van der Waals surface area (Å²) in [6, 6.07) is 5.51. The van der Waals surface area contributed by atoms with Crippen molar-refractivity contribution in [1.82, 2.24) is 5.32 Å². The molecule has 1 saturated heterocycles. The Balaban J connectivity index is 2.15. The summed E-state index contributed by atoms with van der Waals surface area (Å²) in [5.41, 5.74) is 0.770. The highest BCUT2D eigenvalue weighted by atomic mass is 35.5. The molecule has 2 N–H and O–H groups in total. The quantitative estimate of drug-likeness (QED) is 0.872. The number of hydrogen-bond acceptors (Lipinski definition) is 3. The lowest BCUT2D eigenvalue weighted by molar-refractivity contribution is 0.114. The van der Waals surface area contributed by atoms with Crippen LogP contribution in [-0.2, 0) is 0 Å². The third-order valence-corrected chi connectivity index (χ3v) is 3.58. The van der Waals surface area contributed by atoms with Crippen LogP contribution in [0.1, 0.15) is 30.9 Å². The fourth-order valence-electron chi connectivity index (χ4n) is 2.24. The monoisotopic (exact) mass is 255 g/mol. The summed E-state index contributed by atoms with van der Waals surface area (Å²) in [6.07, 6.45) is 2.78. The number of benzene rings is 1.